The van der Waals surface area contributed by atoms with Gasteiger partial charge in [-0.2, -0.15) is 0 Å². The third-order valence-corrected chi connectivity index (χ3v) is 5.98. The Kier molecular flexibility index (Phi) is 6.34. The van der Waals surface area contributed by atoms with E-state index in [1.54, 1.807) is 19.1 Å². The van der Waals surface area contributed by atoms with Gasteiger partial charge in [0, 0.05) is 46.0 Å². The number of nitrogens with one attached hydrogen (secondary N) is 1. The Morgan fingerprint density at radius 2 is 1.89 bits per heavy atom. The highest BCUT2D eigenvalue weighted by molar-refractivity contribution is 5.96. The molecule has 152 valence electrons. The quantitative estimate of drug-likeness (QED) is 0.746. The van der Waals surface area contributed by atoms with Crippen molar-refractivity contribution < 1.29 is 19.1 Å². The molecular formula is C21H29N3O4. The van der Waals surface area contributed by atoms with Gasteiger partial charge in [0.2, 0.25) is 11.8 Å². The molecule has 2 aliphatic rings. The molecule has 1 N–H and O–H groups in total. The lowest BCUT2D eigenvalue weighted by Gasteiger charge is -2.37. The monoisotopic (exact) mass is 387 g/mol. The Balaban J connectivity index is 1.59. The van der Waals surface area contributed by atoms with Gasteiger partial charge < -0.3 is 19.9 Å². The number of likely N-dealkylation sites (tertiary alicyclic amines) is 2. The highest BCUT2D eigenvalue weighted by Crippen LogP contribution is 2.44. The average molecular weight is 387 g/mol. The first-order chi connectivity index (χ1) is 13.5. The summed E-state index contributed by atoms with van der Waals surface area (Å²) in [7, 11) is 3.34. The third kappa shape index (κ3) is 4.04. The molecule has 2 saturated heterocycles. The smallest absolute Gasteiger partial charge is 0.253 e. The third-order valence-electron chi connectivity index (χ3n) is 5.98. The molecule has 3 amide bonds. The minimum absolute atomic E-state index is 0.00156. The van der Waals surface area contributed by atoms with Gasteiger partial charge in [-0.3, -0.25) is 14.4 Å². The van der Waals surface area contributed by atoms with Gasteiger partial charge in [0.15, 0.2) is 0 Å². The molecule has 2 heterocycles. The number of carbonyl (C=O) groups excluding carboxylic acids is 3. The molecule has 28 heavy (non-hydrogen) atoms. The summed E-state index contributed by atoms with van der Waals surface area (Å²) >= 11 is 0. The topological polar surface area (TPSA) is 79.0 Å². The van der Waals surface area contributed by atoms with Crippen molar-refractivity contribution in [2.75, 3.05) is 40.4 Å². The van der Waals surface area contributed by atoms with Crippen LogP contribution in [0.25, 0.3) is 0 Å². The van der Waals surface area contributed by atoms with Crippen molar-refractivity contribution in [3.05, 3.63) is 35.9 Å². The Bertz CT molecular complexity index is 714. The van der Waals surface area contributed by atoms with Gasteiger partial charge in [0.05, 0.1) is 5.41 Å². The van der Waals surface area contributed by atoms with Crippen molar-refractivity contribution >= 4 is 17.7 Å². The Morgan fingerprint density at radius 1 is 1.21 bits per heavy atom. The standard InChI is InChI=1S/C21H29N3O4/c1-23-17(18(25)22-11-6-14-28-2)15-21(20(23)27)9-12-24(13-10-21)19(26)16-7-4-3-5-8-16/h3-5,7-8,17H,6,9-15H2,1-2H3,(H,22,25). The summed E-state index contributed by atoms with van der Waals surface area (Å²) in [4.78, 5) is 41.5. The number of hydrogen-bond donors (Lipinski definition) is 1. The van der Waals surface area contributed by atoms with Crippen molar-refractivity contribution in [3.8, 4) is 0 Å². The molecule has 0 radical (unpaired) electrons. The number of hydrogen-bond acceptors (Lipinski definition) is 4. The lowest BCUT2D eigenvalue weighted by molar-refractivity contribution is -0.139. The Morgan fingerprint density at radius 3 is 2.54 bits per heavy atom. The number of amides is 3. The van der Waals surface area contributed by atoms with Gasteiger partial charge in [0.25, 0.3) is 5.91 Å². The molecular weight excluding hydrogens is 358 g/mol. The van der Waals surface area contributed by atoms with Crippen molar-refractivity contribution in [1.29, 1.82) is 0 Å². The number of piperidine rings is 1. The Labute approximate surface area is 166 Å². The maximum absolute atomic E-state index is 12.9. The minimum Gasteiger partial charge on any atom is -0.385 e. The lowest BCUT2D eigenvalue weighted by atomic mass is 9.75. The van der Waals surface area contributed by atoms with Gasteiger partial charge in [-0.1, -0.05) is 18.2 Å². The summed E-state index contributed by atoms with van der Waals surface area (Å²) in [5, 5.41) is 2.90. The van der Waals surface area contributed by atoms with Crippen molar-refractivity contribution in [1.82, 2.24) is 15.1 Å². The van der Waals surface area contributed by atoms with Crippen LogP contribution in [0.15, 0.2) is 30.3 Å². The van der Waals surface area contributed by atoms with E-state index in [1.165, 1.54) is 0 Å². The van der Waals surface area contributed by atoms with Crippen LogP contribution >= 0.6 is 0 Å². The maximum Gasteiger partial charge on any atom is 0.253 e. The first-order valence-electron chi connectivity index (χ1n) is 9.87. The number of methoxy groups -OCH3 is 1. The normalized spacial score (nSPS) is 21.2. The molecule has 0 saturated carbocycles. The van der Waals surface area contributed by atoms with Gasteiger partial charge in [-0.05, 0) is 37.8 Å². The van der Waals surface area contributed by atoms with Crippen molar-refractivity contribution in [2.24, 2.45) is 5.41 Å². The summed E-state index contributed by atoms with van der Waals surface area (Å²) in [6.07, 6.45) is 2.46. The van der Waals surface area contributed by atoms with E-state index in [2.05, 4.69) is 5.32 Å². The van der Waals surface area contributed by atoms with Crippen LogP contribution in [0.4, 0.5) is 0 Å². The van der Waals surface area contributed by atoms with E-state index in [0.29, 0.717) is 51.1 Å². The fourth-order valence-electron chi connectivity index (χ4n) is 4.24. The summed E-state index contributed by atoms with van der Waals surface area (Å²) < 4.78 is 4.99. The largest absolute Gasteiger partial charge is 0.385 e. The molecule has 3 rings (SSSR count). The number of benzene rings is 1. The second kappa shape index (κ2) is 8.73. The highest BCUT2D eigenvalue weighted by atomic mass is 16.5. The second-order valence-corrected chi connectivity index (χ2v) is 7.71. The molecule has 1 aromatic carbocycles. The SMILES string of the molecule is COCCCNC(=O)C1CC2(CCN(C(=O)c3ccccc3)CC2)C(=O)N1C. The lowest BCUT2D eigenvalue weighted by Crippen LogP contribution is -2.46. The van der Waals surface area contributed by atoms with E-state index in [0.717, 1.165) is 6.42 Å². The molecule has 1 spiro atoms. The van der Waals surface area contributed by atoms with E-state index in [9.17, 15) is 14.4 Å². The number of ether oxygens (including phenoxy) is 1. The van der Waals surface area contributed by atoms with E-state index < -0.39 is 11.5 Å². The van der Waals surface area contributed by atoms with Crippen LogP contribution in [0.1, 0.15) is 36.0 Å². The zero-order chi connectivity index (χ0) is 20.1. The van der Waals surface area contributed by atoms with Crippen LogP contribution in [-0.4, -0.2) is 74.0 Å². The molecule has 7 nitrogen and oxygen atoms in total. The van der Waals surface area contributed by atoms with Gasteiger partial charge in [-0.15, -0.1) is 0 Å². The average Bonchev–Trinajstić information content (AvgIpc) is 2.97. The summed E-state index contributed by atoms with van der Waals surface area (Å²) in [5.74, 6) is -0.0790. The highest BCUT2D eigenvalue weighted by Gasteiger charge is 2.53. The minimum atomic E-state index is -0.531. The predicted octanol–water partition coefficient (Wildman–Crippen LogP) is 1.29. The fourth-order valence-corrected chi connectivity index (χ4v) is 4.24. The van der Waals surface area contributed by atoms with Crippen LogP contribution < -0.4 is 5.32 Å². The molecule has 7 heteroatoms. The number of rotatable bonds is 6. The van der Waals surface area contributed by atoms with E-state index in [4.69, 9.17) is 4.74 Å². The zero-order valence-corrected chi connectivity index (χ0v) is 16.6. The molecule has 1 aromatic rings. The zero-order valence-electron chi connectivity index (χ0n) is 16.6. The van der Waals surface area contributed by atoms with Crippen LogP contribution in [0.5, 0.6) is 0 Å². The summed E-state index contributed by atoms with van der Waals surface area (Å²) in [6, 6.07) is 8.77. The second-order valence-electron chi connectivity index (χ2n) is 7.71. The first-order valence-corrected chi connectivity index (χ1v) is 9.87. The Hall–Kier alpha value is -2.41. The molecule has 1 atom stereocenters. The molecule has 0 bridgehead atoms. The first kappa shape index (κ1) is 20.3. The van der Waals surface area contributed by atoms with Crippen LogP contribution in [-0.2, 0) is 14.3 Å². The van der Waals surface area contributed by atoms with Crippen LogP contribution in [0, 0.1) is 5.41 Å². The van der Waals surface area contributed by atoms with E-state index in [-0.39, 0.29) is 17.7 Å². The summed E-state index contributed by atoms with van der Waals surface area (Å²) in [6.45, 7) is 2.21. The van der Waals surface area contributed by atoms with Crippen LogP contribution in [0.3, 0.4) is 0 Å². The van der Waals surface area contributed by atoms with Gasteiger partial charge in [0.1, 0.15) is 6.04 Å². The van der Waals surface area contributed by atoms with E-state index >= 15 is 0 Å². The van der Waals surface area contributed by atoms with Crippen molar-refractivity contribution in [3.63, 3.8) is 0 Å². The number of carbonyl (C=O) groups is 3. The molecule has 1 unspecified atom stereocenters. The van der Waals surface area contributed by atoms with Crippen LogP contribution in [0.2, 0.25) is 0 Å². The number of likely N-dealkylation sites (N-methyl/N-ethyl adjacent to an activating group) is 1. The van der Waals surface area contributed by atoms with Gasteiger partial charge in [-0.25, -0.2) is 0 Å². The molecule has 0 aliphatic carbocycles. The fraction of sp³-hybridized carbons (Fsp3) is 0.571. The number of nitrogens with zero attached hydrogens (tertiary/aromatic N) is 2. The van der Waals surface area contributed by atoms with Gasteiger partial charge >= 0.3 is 0 Å². The van der Waals surface area contributed by atoms with E-state index in [1.807, 2.05) is 35.2 Å². The molecule has 2 aliphatic heterocycles. The molecule has 2 fully saturated rings. The van der Waals surface area contributed by atoms with Crippen molar-refractivity contribution in [2.45, 2.75) is 31.7 Å². The maximum atomic E-state index is 12.9. The predicted molar refractivity (Wildman–Crippen MR) is 105 cm³/mol. The summed E-state index contributed by atoms with van der Waals surface area (Å²) in [5.41, 5.74) is 0.137. The molecule has 0 aromatic heterocycles.